The number of anilines is 1. The molecule has 1 aliphatic heterocycles. The van der Waals surface area contributed by atoms with Crippen molar-refractivity contribution in [3.05, 3.63) is 23.3 Å². The van der Waals surface area contributed by atoms with Crippen molar-refractivity contribution in [3.8, 4) is 5.75 Å². The first kappa shape index (κ1) is 18.3. The molecule has 0 saturated carbocycles. The third-order valence-corrected chi connectivity index (χ3v) is 11.0. The predicted octanol–water partition coefficient (Wildman–Crippen LogP) is 4.59. The minimum atomic E-state index is -1.50. The van der Waals surface area contributed by atoms with Crippen LogP contribution in [0.4, 0.5) is 5.69 Å². The average molecular weight is 337 g/mol. The third-order valence-electron chi connectivity index (χ3n) is 5.67. The fourth-order valence-corrected chi connectivity index (χ4v) is 7.69. The molecule has 1 aromatic rings. The Morgan fingerprint density at radius 3 is 2.13 bits per heavy atom. The Balaban J connectivity index is 2.15. The average Bonchev–Trinajstić information content (AvgIpc) is 2.75. The molecule has 0 aromatic heterocycles. The van der Waals surface area contributed by atoms with Crippen LogP contribution in [0, 0.1) is 13.8 Å². The van der Waals surface area contributed by atoms with Gasteiger partial charge < -0.3 is 0 Å². The topological polar surface area (TPSA) is 38.3 Å². The normalized spacial score (nSPS) is 20.2. The van der Waals surface area contributed by atoms with Crippen LogP contribution in [0.2, 0.25) is 0 Å². The summed E-state index contributed by atoms with van der Waals surface area (Å²) in [4.78, 5) is 12.9. The van der Waals surface area contributed by atoms with Crippen molar-refractivity contribution in [2.45, 2.75) is 52.1 Å². The van der Waals surface area contributed by atoms with Crippen molar-refractivity contribution < 1.29 is 9.53 Å². The Hall–Kier alpha value is -1.08. The number of carbonyl (C=O) groups excluding carboxylic acids is 1. The van der Waals surface area contributed by atoms with Crippen LogP contribution < -0.4 is 10.1 Å². The molecule has 1 aliphatic rings. The van der Waals surface area contributed by atoms with E-state index in [9.17, 15) is 4.79 Å². The van der Waals surface area contributed by atoms with Crippen LogP contribution in [-0.4, -0.2) is 37.7 Å². The number of hydrogen-bond donors (Lipinski definition) is 1. The van der Waals surface area contributed by atoms with E-state index in [0.29, 0.717) is 0 Å². The van der Waals surface area contributed by atoms with Gasteiger partial charge >= 0.3 is 141 Å². The van der Waals surface area contributed by atoms with Crippen molar-refractivity contribution in [1.29, 1.82) is 0 Å². The molecule has 130 valence electrons. The summed E-state index contributed by atoms with van der Waals surface area (Å²) in [6.45, 7) is 8.64. The van der Waals surface area contributed by atoms with Gasteiger partial charge in [-0.05, 0) is 0 Å². The minimum absolute atomic E-state index is 0.168. The number of amides is 1. The van der Waals surface area contributed by atoms with Gasteiger partial charge in [0.05, 0.1) is 0 Å². The number of ether oxygens (including phenoxy) is 1. The predicted molar refractivity (Wildman–Crippen MR) is 103 cm³/mol. The molecule has 0 bridgehead atoms. The van der Waals surface area contributed by atoms with Gasteiger partial charge in [0.1, 0.15) is 0 Å². The van der Waals surface area contributed by atoms with E-state index in [2.05, 4.69) is 18.9 Å². The van der Waals surface area contributed by atoms with Gasteiger partial charge in [-0.1, -0.05) is 0 Å². The molecule has 23 heavy (non-hydrogen) atoms. The number of rotatable bonds is 4. The fourth-order valence-electron chi connectivity index (χ4n) is 3.76. The Morgan fingerprint density at radius 1 is 1.13 bits per heavy atom. The van der Waals surface area contributed by atoms with Crippen molar-refractivity contribution in [2.24, 2.45) is 0 Å². The van der Waals surface area contributed by atoms with Gasteiger partial charge in [-0.3, -0.25) is 0 Å². The molecule has 2 rings (SSSR count). The van der Waals surface area contributed by atoms with Gasteiger partial charge in [0.25, 0.3) is 0 Å². The van der Waals surface area contributed by atoms with Crippen molar-refractivity contribution in [2.75, 3.05) is 31.4 Å². The van der Waals surface area contributed by atoms with E-state index in [1.807, 2.05) is 26.0 Å². The van der Waals surface area contributed by atoms with E-state index in [1.54, 1.807) is 7.11 Å². The number of carbonyl (C=O) groups is 1. The van der Waals surface area contributed by atoms with Crippen LogP contribution in [-0.2, 0) is 4.79 Å². The molecular formula is C19H32NO2P. The standard InChI is InChI=1S/C19H32NO2P/c1-14-12-17(22-4)13-15(2)18(14)20-19(21)16(3)23(5)10-8-6-7-9-11-23/h12-13,16,23H,6-11H2,1-5H3,(H,20,21). The molecule has 3 nitrogen and oxygen atoms in total. The van der Waals surface area contributed by atoms with Gasteiger partial charge in [-0.2, -0.15) is 0 Å². The summed E-state index contributed by atoms with van der Waals surface area (Å²) < 4.78 is 5.30. The van der Waals surface area contributed by atoms with Gasteiger partial charge in [-0.25, -0.2) is 0 Å². The molecular weight excluding hydrogens is 305 g/mol. The summed E-state index contributed by atoms with van der Waals surface area (Å²) in [5, 5.41) is 3.21. The molecule has 1 N–H and O–H groups in total. The number of nitrogens with one attached hydrogen (secondary N) is 1. The quantitative estimate of drug-likeness (QED) is 0.816. The first-order valence-corrected chi connectivity index (χ1v) is 11.8. The molecule has 0 spiro atoms. The van der Waals surface area contributed by atoms with E-state index in [4.69, 9.17) is 4.74 Å². The third kappa shape index (κ3) is 4.26. The van der Waals surface area contributed by atoms with Gasteiger partial charge in [-0.15, -0.1) is 0 Å². The zero-order valence-electron chi connectivity index (χ0n) is 15.3. The molecule has 1 fully saturated rings. The number of aryl methyl sites for hydroxylation is 2. The maximum atomic E-state index is 12.9. The summed E-state index contributed by atoms with van der Waals surface area (Å²) in [6.07, 6.45) is 7.88. The van der Waals surface area contributed by atoms with Crippen LogP contribution in [0.5, 0.6) is 5.75 Å². The second-order valence-electron chi connectivity index (χ2n) is 7.42. The van der Waals surface area contributed by atoms with Crippen LogP contribution in [0.25, 0.3) is 0 Å². The Labute approximate surface area is 141 Å². The Kier molecular flexibility index (Phi) is 6.08. The molecule has 1 heterocycles. The molecule has 0 aliphatic carbocycles. The summed E-state index contributed by atoms with van der Waals surface area (Å²) in [5.74, 6) is 1.05. The van der Waals surface area contributed by atoms with E-state index in [-0.39, 0.29) is 11.6 Å². The molecule has 0 radical (unpaired) electrons. The van der Waals surface area contributed by atoms with Crippen LogP contribution in [0.15, 0.2) is 12.1 Å². The second-order valence-corrected chi connectivity index (χ2v) is 12.6. The fraction of sp³-hybridized carbons (Fsp3) is 0.632. The molecule has 1 atom stereocenters. The number of methoxy groups -OCH3 is 1. The van der Waals surface area contributed by atoms with Gasteiger partial charge in [0, 0.05) is 0 Å². The molecule has 1 aromatic carbocycles. The summed E-state index contributed by atoms with van der Waals surface area (Å²) in [7, 11) is 0.177. The van der Waals surface area contributed by atoms with Gasteiger partial charge in [0.2, 0.25) is 0 Å². The van der Waals surface area contributed by atoms with E-state index in [0.717, 1.165) is 22.6 Å². The summed E-state index contributed by atoms with van der Waals surface area (Å²) >= 11 is 0. The van der Waals surface area contributed by atoms with Crippen molar-refractivity contribution in [3.63, 3.8) is 0 Å². The molecule has 1 amide bonds. The van der Waals surface area contributed by atoms with E-state index >= 15 is 0 Å². The molecule has 1 unspecified atom stereocenters. The Bertz CT molecular complexity index is 539. The zero-order valence-corrected chi connectivity index (χ0v) is 16.3. The summed E-state index contributed by atoms with van der Waals surface area (Å²) in [6, 6.07) is 3.97. The number of hydrogen-bond acceptors (Lipinski definition) is 2. The maximum absolute atomic E-state index is 12.9. The monoisotopic (exact) mass is 337 g/mol. The van der Waals surface area contributed by atoms with Gasteiger partial charge in [0.15, 0.2) is 0 Å². The first-order chi connectivity index (χ1) is 10.9. The number of benzene rings is 1. The van der Waals surface area contributed by atoms with E-state index < -0.39 is 7.26 Å². The van der Waals surface area contributed by atoms with Crippen molar-refractivity contribution in [1.82, 2.24) is 0 Å². The SMILES string of the molecule is COc1cc(C)c(NC(=O)C(C)[PH]2(C)CCCCCC2)c(C)c1. The molecule has 4 heteroatoms. The first-order valence-electron chi connectivity index (χ1n) is 8.83. The van der Waals surface area contributed by atoms with Crippen molar-refractivity contribution >= 4 is 18.9 Å². The summed E-state index contributed by atoms with van der Waals surface area (Å²) in [5.41, 5.74) is 3.25. The van der Waals surface area contributed by atoms with Crippen LogP contribution >= 0.6 is 7.26 Å². The van der Waals surface area contributed by atoms with E-state index in [1.165, 1.54) is 38.0 Å². The Morgan fingerprint density at radius 2 is 1.65 bits per heavy atom. The zero-order chi connectivity index (χ0) is 17.0. The molecule has 1 saturated heterocycles. The van der Waals surface area contributed by atoms with Crippen LogP contribution in [0.1, 0.15) is 43.7 Å². The van der Waals surface area contributed by atoms with Crippen LogP contribution in [0.3, 0.4) is 0 Å². The second kappa shape index (κ2) is 7.66.